The number of benzene rings is 1. The average molecular weight is 328 g/mol. The molecule has 1 saturated carbocycles. The van der Waals surface area contributed by atoms with Crippen molar-refractivity contribution in [2.75, 3.05) is 7.11 Å². The summed E-state index contributed by atoms with van der Waals surface area (Å²) in [5.41, 5.74) is 0.737. The van der Waals surface area contributed by atoms with Crippen LogP contribution >= 0.6 is 0 Å². The zero-order chi connectivity index (χ0) is 17.2. The molecule has 2 rings (SSSR count). The number of methoxy groups -OCH3 is 1. The molecule has 0 radical (unpaired) electrons. The summed E-state index contributed by atoms with van der Waals surface area (Å²) in [6, 6.07) is 5.08. The van der Waals surface area contributed by atoms with Gasteiger partial charge in [0.15, 0.2) is 6.17 Å². The van der Waals surface area contributed by atoms with Crippen LogP contribution in [0, 0.1) is 0 Å². The van der Waals surface area contributed by atoms with E-state index in [-0.39, 0.29) is 24.0 Å². The number of carbonyl (C=O) groups is 1. The molecule has 0 aliphatic heterocycles. The van der Waals surface area contributed by atoms with E-state index in [1.807, 2.05) is 26.8 Å². The highest BCUT2D eigenvalue weighted by Crippen LogP contribution is 2.32. The molecular formula is C17H22F2O4. The van der Waals surface area contributed by atoms with Crippen molar-refractivity contribution >= 4 is 6.16 Å². The van der Waals surface area contributed by atoms with E-state index in [1.54, 1.807) is 6.07 Å². The Bertz CT molecular complexity index is 568. The Morgan fingerprint density at radius 3 is 2.30 bits per heavy atom. The fraction of sp³-hybridized carbons (Fsp3) is 0.588. The van der Waals surface area contributed by atoms with Crippen molar-refractivity contribution in [1.29, 1.82) is 0 Å². The number of alkyl halides is 2. The number of hydrogen-bond acceptors (Lipinski definition) is 4. The SMILES string of the molecule is COc1cc(OC(=O)OC2CCC(F)C2F)cc(C(C)(C)C)c1. The molecule has 0 amide bonds. The molecule has 128 valence electrons. The smallest absolute Gasteiger partial charge is 0.497 e. The van der Waals surface area contributed by atoms with Gasteiger partial charge in [0.05, 0.1) is 7.11 Å². The predicted molar refractivity (Wildman–Crippen MR) is 81.6 cm³/mol. The van der Waals surface area contributed by atoms with Crippen molar-refractivity contribution in [3.63, 3.8) is 0 Å². The van der Waals surface area contributed by atoms with Gasteiger partial charge in [-0.25, -0.2) is 13.6 Å². The molecule has 1 aromatic carbocycles. The Morgan fingerprint density at radius 1 is 1.13 bits per heavy atom. The van der Waals surface area contributed by atoms with Crippen LogP contribution in [0.5, 0.6) is 11.5 Å². The van der Waals surface area contributed by atoms with Crippen LogP contribution in [-0.4, -0.2) is 31.7 Å². The van der Waals surface area contributed by atoms with Gasteiger partial charge in [-0.15, -0.1) is 0 Å². The molecule has 1 aliphatic rings. The van der Waals surface area contributed by atoms with Crippen LogP contribution in [0.25, 0.3) is 0 Å². The van der Waals surface area contributed by atoms with E-state index < -0.39 is 24.6 Å². The highest BCUT2D eigenvalue weighted by Gasteiger charge is 2.39. The quantitative estimate of drug-likeness (QED) is 0.611. The fourth-order valence-corrected chi connectivity index (χ4v) is 2.42. The van der Waals surface area contributed by atoms with Gasteiger partial charge in [-0.1, -0.05) is 20.8 Å². The van der Waals surface area contributed by atoms with Crippen LogP contribution in [-0.2, 0) is 10.2 Å². The maximum Gasteiger partial charge on any atom is 0.514 e. The number of carbonyl (C=O) groups excluding carboxylic acids is 1. The third-order valence-electron chi connectivity index (χ3n) is 3.86. The molecule has 0 N–H and O–H groups in total. The van der Waals surface area contributed by atoms with Crippen LogP contribution in [0.3, 0.4) is 0 Å². The van der Waals surface area contributed by atoms with E-state index in [1.165, 1.54) is 13.2 Å². The lowest BCUT2D eigenvalue weighted by molar-refractivity contribution is 0.0191. The Balaban J connectivity index is 2.08. The van der Waals surface area contributed by atoms with Gasteiger partial charge in [0, 0.05) is 6.07 Å². The fourth-order valence-electron chi connectivity index (χ4n) is 2.42. The largest absolute Gasteiger partial charge is 0.514 e. The molecule has 3 unspecified atom stereocenters. The first-order valence-corrected chi connectivity index (χ1v) is 7.57. The Labute approximate surface area is 134 Å². The standard InChI is InChI=1S/C17H22F2O4/c1-17(2,3)10-7-11(21-4)9-12(8-10)22-16(20)23-14-6-5-13(18)15(14)19/h7-9,13-15H,5-6H2,1-4H3. The Kier molecular flexibility index (Phi) is 5.12. The van der Waals surface area contributed by atoms with E-state index in [9.17, 15) is 13.6 Å². The van der Waals surface area contributed by atoms with Gasteiger partial charge in [-0.05, 0) is 36.0 Å². The molecule has 4 nitrogen and oxygen atoms in total. The van der Waals surface area contributed by atoms with Gasteiger partial charge in [0.25, 0.3) is 0 Å². The number of halogens is 2. The topological polar surface area (TPSA) is 44.8 Å². The van der Waals surface area contributed by atoms with Crippen LogP contribution in [0.15, 0.2) is 18.2 Å². The lowest BCUT2D eigenvalue weighted by Gasteiger charge is -2.21. The second-order valence-corrected chi connectivity index (χ2v) is 6.69. The van der Waals surface area contributed by atoms with E-state index in [0.29, 0.717) is 5.75 Å². The second-order valence-electron chi connectivity index (χ2n) is 6.69. The second kappa shape index (κ2) is 6.72. The highest BCUT2D eigenvalue weighted by molar-refractivity contribution is 5.64. The maximum absolute atomic E-state index is 13.5. The molecule has 1 aromatic rings. The van der Waals surface area contributed by atoms with Crippen LogP contribution in [0.4, 0.5) is 13.6 Å². The van der Waals surface area contributed by atoms with Crippen molar-refractivity contribution in [2.24, 2.45) is 0 Å². The summed E-state index contributed by atoms with van der Waals surface area (Å²) >= 11 is 0. The zero-order valence-corrected chi connectivity index (χ0v) is 13.8. The molecule has 0 saturated heterocycles. The third kappa shape index (κ3) is 4.33. The summed E-state index contributed by atoms with van der Waals surface area (Å²) in [6.45, 7) is 6.03. The van der Waals surface area contributed by atoms with Crippen LogP contribution < -0.4 is 9.47 Å². The van der Waals surface area contributed by atoms with Gasteiger partial charge in [0.2, 0.25) is 0 Å². The predicted octanol–water partition coefficient (Wildman–Crippen LogP) is 4.35. The highest BCUT2D eigenvalue weighted by atomic mass is 19.2. The summed E-state index contributed by atoms with van der Waals surface area (Å²) in [7, 11) is 1.51. The van der Waals surface area contributed by atoms with Crippen molar-refractivity contribution < 1.29 is 27.8 Å². The number of ether oxygens (including phenoxy) is 3. The van der Waals surface area contributed by atoms with Crippen molar-refractivity contribution in [3.05, 3.63) is 23.8 Å². The molecule has 0 bridgehead atoms. The lowest BCUT2D eigenvalue weighted by Crippen LogP contribution is -2.28. The first-order valence-electron chi connectivity index (χ1n) is 7.57. The van der Waals surface area contributed by atoms with Crippen molar-refractivity contribution in [3.8, 4) is 11.5 Å². The van der Waals surface area contributed by atoms with Gasteiger partial charge in [0.1, 0.15) is 23.8 Å². The number of rotatable bonds is 3. The minimum atomic E-state index is -1.79. The average Bonchev–Trinajstić information content (AvgIpc) is 2.78. The molecule has 0 spiro atoms. The van der Waals surface area contributed by atoms with Gasteiger partial charge in [-0.2, -0.15) is 0 Å². The Hall–Kier alpha value is -1.85. The van der Waals surface area contributed by atoms with E-state index in [0.717, 1.165) is 5.56 Å². The normalized spacial score (nSPS) is 24.3. The summed E-state index contributed by atoms with van der Waals surface area (Å²) in [4.78, 5) is 11.8. The summed E-state index contributed by atoms with van der Waals surface area (Å²) < 4.78 is 41.8. The summed E-state index contributed by atoms with van der Waals surface area (Å²) in [5.74, 6) is 0.776. The van der Waals surface area contributed by atoms with Gasteiger partial charge < -0.3 is 14.2 Å². The van der Waals surface area contributed by atoms with Crippen LogP contribution in [0.2, 0.25) is 0 Å². The molecule has 0 aromatic heterocycles. The molecule has 0 heterocycles. The van der Waals surface area contributed by atoms with Crippen LogP contribution in [0.1, 0.15) is 39.2 Å². The molecule has 3 atom stereocenters. The molecular weight excluding hydrogens is 306 g/mol. The van der Waals surface area contributed by atoms with Gasteiger partial charge >= 0.3 is 6.16 Å². The van der Waals surface area contributed by atoms with E-state index in [4.69, 9.17) is 14.2 Å². The first-order chi connectivity index (χ1) is 10.7. The molecule has 1 aliphatic carbocycles. The monoisotopic (exact) mass is 328 g/mol. The van der Waals surface area contributed by atoms with Crippen molar-refractivity contribution in [2.45, 2.75) is 57.5 Å². The third-order valence-corrected chi connectivity index (χ3v) is 3.86. The summed E-state index contributed by atoms with van der Waals surface area (Å²) in [6.07, 6.45) is -5.31. The van der Waals surface area contributed by atoms with Crippen molar-refractivity contribution in [1.82, 2.24) is 0 Å². The first kappa shape index (κ1) is 17.5. The summed E-state index contributed by atoms with van der Waals surface area (Å²) in [5, 5.41) is 0. The minimum absolute atomic E-state index is 0.0481. The molecule has 23 heavy (non-hydrogen) atoms. The number of hydrogen-bond donors (Lipinski definition) is 0. The molecule has 1 fully saturated rings. The van der Waals surface area contributed by atoms with E-state index >= 15 is 0 Å². The van der Waals surface area contributed by atoms with E-state index in [2.05, 4.69) is 0 Å². The minimum Gasteiger partial charge on any atom is -0.497 e. The maximum atomic E-state index is 13.5. The van der Waals surface area contributed by atoms with Gasteiger partial charge in [-0.3, -0.25) is 0 Å². The lowest BCUT2D eigenvalue weighted by atomic mass is 9.87. The zero-order valence-electron chi connectivity index (χ0n) is 13.8. The molecule has 6 heteroatoms. The Morgan fingerprint density at radius 2 is 1.78 bits per heavy atom.